The van der Waals surface area contributed by atoms with Crippen molar-refractivity contribution in [3.8, 4) is 0 Å². The van der Waals surface area contributed by atoms with Crippen molar-refractivity contribution in [2.24, 2.45) is 5.41 Å². The first-order chi connectivity index (χ1) is 9.55. The zero-order valence-corrected chi connectivity index (χ0v) is 11.9. The van der Waals surface area contributed by atoms with Crippen LogP contribution < -0.4 is 10.6 Å². The highest BCUT2D eigenvalue weighted by Crippen LogP contribution is 2.26. The number of carbonyl (C=O) groups excluding carboxylic acids is 2. The van der Waals surface area contributed by atoms with Gasteiger partial charge in [0.25, 0.3) is 0 Å². The second-order valence-electron chi connectivity index (χ2n) is 5.24. The summed E-state index contributed by atoms with van der Waals surface area (Å²) in [5.74, 6) is -0.402. The minimum atomic E-state index is -0.389. The molecule has 1 aliphatic rings. The average molecular weight is 276 g/mol. The Hall–Kier alpha value is -1.88. The van der Waals surface area contributed by atoms with Gasteiger partial charge in [-0.2, -0.15) is 0 Å². The number of nitrogens with one attached hydrogen (secondary N) is 2. The zero-order valence-electron chi connectivity index (χ0n) is 11.9. The lowest BCUT2D eigenvalue weighted by Crippen LogP contribution is -2.35. The summed E-state index contributed by atoms with van der Waals surface area (Å²) in [5.41, 5.74) is 0.674. The molecule has 1 atom stereocenters. The van der Waals surface area contributed by atoms with Gasteiger partial charge in [0.1, 0.15) is 0 Å². The van der Waals surface area contributed by atoms with Crippen molar-refractivity contribution in [1.82, 2.24) is 5.32 Å². The molecule has 2 rings (SSSR count). The maximum absolute atomic E-state index is 12.3. The second kappa shape index (κ2) is 6.05. The molecule has 5 nitrogen and oxygen atoms in total. The largest absolute Gasteiger partial charge is 0.462 e. The molecule has 0 radical (unpaired) electrons. The van der Waals surface area contributed by atoms with E-state index in [-0.39, 0.29) is 17.3 Å². The molecule has 0 aliphatic carbocycles. The number of carbonyl (C=O) groups is 2. The van der Waals surface area contributed by atoms with Gasteiger partial charge < -0.3 is 15.4 Å². The predicted molar refractivity (Wildman–Crippen MR) is 76.6 cm³/mol. The first kappa shape index (κ1) is 14.5. The van der Waals surface area contributed by atoms with Crippen molar-refractivity contribution in [2.45, 2.75) is 20.3 Å². The highest BCUT2D eigenvalue weighted by Gasteiger charge is 2.36. The van der Waals surface area contributed by atoms with Crippen molar-refractivity contribution in [1.29, 1.82) is 0 Å². The molecule has 1 fully saturated rings. The van der Waals surface area contributed by atoms with Gasteiger partial charge in [-0.3, -0.25) is 4.79 Å². The molecule has 1 saturated heterocycles. The third-order valence-corrected chi connectivity index (χ3v) is 3.55. The molecule has 1 aliphatic heterocycles. The van der Waals surface area contributed by atoms with Crippen molar-refractivity contribution in [2.75, 3.05) is 25.0 Å². The number of hydrogen-bond donors (Lipinski definition) is 2. The monoisotopic (exact) mass is 276 g/mol. The smallest absolute Gasteiger partial charge is 0.338 e. The fourth-order valence-electron chi connectivity index (χ4n) is 2.23. The average Bonchev–Trinajstić information content (AvgIpc) is 2.88. The maximum atomic E-state index is 12.3. The van der Waals surface area contributed by atoms with Gasteiger partial charge in [0, 0.05) is 12.2 Å². The Balaban J connectivity index is 2.08. The number of benzene rings is 1. The van der Waals surface area contributed by atoms with Crippen molar-refractivity contribution < 1.29 is 14.3 Å². The lowest BCUT2D eigenvalue weighted by atomic mass is 9.88. The first-order valence-electron chi connectivity index (χ1n) is 6.84. The number of anilines is 1. The summed E-state index contributed by atoms with van der Waals surface area (Å²) in [5, 5.41) is 6.07. The molecule has 108 valence electrons. The van der Waals surface area contributed by atoms with Crippen LogP contribution in [0.4, 0.5) is 5.69 Å². The lowest BCUT2D eigenvalue weighted by molar-refractivity contribution is -0.123. The Morgan fingerprint density at radius 3 is 2.90 bits per heavy atom. The van der Waals surface area contributed by atoms with E-state index in [9.17, 15) is 9.59 Å². The Morgan fingerprint density at radius 1 is 1.45 bits per heavy atom. The molecule has 1 unspecified atom stereocenters. The van der Waals surface area contributed by atoms with Crippen LogP contribution >= 0.6 is 0 Å². The van der Waals surface area contributed by atoms with E-state index in [0.717, 1.165) is 13.0 Å². The van der Waals surface area contributed by atoms with E-state index in [1.54, 1.807) is 31.2 Å². The molecule has 2 N–H and O–H groups in total. The summed E-state index contributed by atoms with van der Waals surface area (Å²) in [6.07, 6.45) is 0.816. The molecular weight excluding hydrogens is 256 g/mol. The minimum Gasteiger partial charge on any atom is -0.462 e. The molecular formula is C15H20N2O3. The Kier molecular flexibility index (Phi) is 4.39. The van der Waals surface area contributed by atoms with Crippen molar-refractivity contribution in [3.63, 3.8) is 0 Å². The normalized spacial score (nSPS) is 21.5. The molecule has 0 aromatic heterocycles. The first-order valence-corrected chi connectivity index (χ1v) is 6.84. The van der Waals surface area contributed by atoms with E-state index >= 15 is 0 Å². The fourth-order valence-corrected chi connectivity index (χ4v) is 2.23. The van der Waals surface area contributed by atoms with E-state index in [4.69, 9.17) is 4.74 Å². The summed E-state index contributed by atoms with van der Waals surface area (Å²) < 4.78 is 4.95. The van der Waals surface area contributed by atoms with Gasteiger partial charge in [0.2, 0.25) is 5.91 Å². The summed E-state index contributed by atoms with van der Waals surface area (Å²) in [7, 11) is 0. The standard InChI is InChI=1S/C15H20N2O3/c1-3-20-13(18)11-5-4-6-12(9-11)17-14(19)15(2)7-8-16-10-15/h4-6,9,16H,3,7-8,10H2,1-2H3,(H,17,19). The van der Waals surface area contributed by atoms with Gasteiger partial charge in [-0.15, -0.1) is 0 Å². The van der Waals surface area contributed by atoms with E-state index in [0.29, 0.717) is 24.4 Å². The van der Waals surface area contributed by atoms with Gasteiger partial charge >= 0.3 is 5.97 Å². The van der Waals surface area contributed by atoms with E-state index in [2.05, 4.69) is 10.6 Å². The van der Waals surface area contributed by atoms with Crippen LogP contribution in [0.15, 0.2) is 24.3 Å². The molecule has 20 heavy (non-hydrogen) atoms. The Labute approximate surface area is 118 Å². The maximum Gasteiger partial charge on any atom is 0.338 e. The van der Waals surface area contributed by atoms with Crippen LogP contribution in [0.5, 0.6) is 0 Å². The van der Waals surface area contributed by atoms with Gasteiger partial charge in [-0.25, -0.2) is 4.79 Å². The van der Waals surface area contributed by atoms with Crippen molar-refractivity contribution in [3.05, 3.63) is 29.8 Å². The van der Waals surface area contributed by atoms with Crippen LogP contribution in [0.2, 0.25) is 0 Å². The van der Waals surface area contributed by atoms with Gasteiger partial charge in [-0.05, 0) is 45.0 Å². The van der Waals surface area contributed by atoms with Crippen LogP contribution in [-0.2, 0) is 9.53 Å². The summed E-state index contributed by atoms with van der Waals surface area (Å²) in [6, 6.07) is 6.82. The molecule has 1 amide bonds. The molecule has 0 saturated carbocycles. The zero-order chi connectivity index (χ0) is 14.6. The van der Waals surface area contributed by atoms with Crippen LogP contribution in [0.3, 0.4) is 0 Å². The predicted octanol–water partition coefficient (Wildman–Crippen LogP) is 1.80. The van der Waals surface area contributed by atoms with E-state index in [1.807, 2.05) is 6.92 Å². The number of amides is 1. The van der Waals surface area contributed by atoms with Crippen LogP contribution in [0, 0.1) is 5.41 Å². The molecule has 0 spiro atoms. The summed E-state index contributed by atoms with van der Waals surface area (Å²) >= 11 is 0. The minimum absolute atomic E-state index is 0.0245. The molecule has 1 aromatic carbocycles. The molecule has 0 bridgehead atoms. The lowest BCUT2D eigenvalue weighted by Gasteiger charge is -2.21. The van der Waals surface area contributed by atoms with E-state index < -0.39 is 0 Å². The highest BCUT2D eigenvalue weighted by molar-refractivity contribution is 5.97. The van der Waals surface area contributed by atoms with Crippen LogP contribution in [0.25, 0.3) is 0 Å². The Bertz CT molecular complexity index is 508. The quantitative estimate of drug-likeness (QED) is 0.823. The van der Waals surface area contributed by atoms with Gasteiger partial charge in [0.15, 0.2) is 0 Å². The van der Waals surface area contributed by atoms with Crippen molar-refractivity contribution >= 4 is 17.6 Å². The SMILES string of the molecule is CCOC(=O)c1cccc(NC(=O)C2(C)CCNC2)c1. The third kappa shape index (κ3) is 3.17. The number of esters is 1. The van der Waals surface area contributed by atoms with E-state index in [1.165, 1.54) is 0 Å². The summed E-state index contributed by atoms with van der Waals surface area (Å²) in [6.45, 7) is 5.57. The second-order valence-corrected chi connectivity index (χ2v) is 5.24. The molecule has 5 heteroatoms. The molecule has 1 aromatic rings. The Morgan fingerprint density at radius 2 is 2.25 bits per heavy atom. The fraction of sp³-hybridized carbons (Fsp3) is 0.467. The third-order valence-electron chi connectivity index (χ3n) is 3.55. The molecule has 1 heterocycles. The number of rotatable bonds is 4. The summed E-state index contributed by atoms with van der Waals surface area (Å²) in [4.78, 5) is 23.9. The highest BCUT2D eigenvalue weighted by atomic mass is 16.5. The topological polar surface area (TPSA) is 67.4 Å². The number of ether oxygens (including phenoxy) is 1. The van der Waals surface area contributed by atoms with Gasteiger partial charge in [-0.1, -0.05) is 6.07 Å². The van der Waals surface area contributed by atoms with Crippen LogP contribution in [-0.4, -0.2) is 31.6 Å². The van der Waals surface area contributed by atoms with Crippen LogP contribution in [0.1, 0.15) is 30.6 Å². The van der Waals surface area contributed by atoms with Gasteiger partial charge in [0.05, 0.1) is 17.6 Å². The number of hydrogen-bond acceptors (Lipinski definition) is 4.